The van der Waals surface area contributed by atoms with E-state index in [-0.39, 0.29) is 42.5 Å². The summed E-state index contributed by atoms with van der Waals surface area (Å²) in [6.45, 7) is 5.93. The van der Waals surface area contributed by atoms with E-state index in [0.29, 0.717) is 12.2 Å². The Balaban J connectivity index is 0.00000182. The van der Waals surface area contributed by atoms with Crippen LogP contribution in [0.4, 0.5) is 11.5 Å². The predicted octanol–water partition coefficient (Wildman–Crippen LogP) is 1.14. The van der Waals surface area contributed by atoms with E-state index in [0.717, 1.165) is 52.2 Å². The molecule has 1 aromatic heterocycles. The Morgan fingerprint density at radius 3 is 2.67 bits per heavy atom. The number of anilines is 1. The zero-order valence-corrected chi connectivity index (χ0v) is 16.6. The summed E-state index contributed by atoms with van der Waals surface area (Å²) in [6, 6.07) is 3.34. The van der Waals surface area contributed by atoms with Gasteiger partial charge >= 0.3 is 0 Å². The van der Waals surface area contributed by atoms with Crippen LogP contribution in [-0.4, -0.2) is 77.5 Å². The van der Waals surface area contributed by atoms with Gasteiger partial charge in [-0.25, -0.2) is 4.98 Å². The van der Waals surface area contributed by atoms with Gasteiger partial charge in [0.05, 0.1) is 4.92 Å². The number of carbonyl (C=O) groups excluding carboxylic acids is 1. The number of nitrogens with zero attached hydrogens (tertiary/aromatic N) is 4. The summed E-state index contributed by atoms with van der Waals surface area (Å²) >= 11 is 0. The molecule has 1 amide bonds. The van der Waals surface area contributed by atoms with E-state index < -0.39 is 4.92 Å². The van der Waals surface area contributed by atoms with Crippen molar-refractivity contribution in [3.8, 4) is 0 Å². The Kier molecular flexibility index (Phi) is 9.71. The smallest absolute Gasteiger partial charge is 0.287 e. The van der Waals surface area contributed by atoms with Gasteiger partial charge in [0, 0.05) is 64.3 Å². The number of carbonyl (C=O) groups is 1. The average Bonchev–Trinajstić information content (AvgIpc) is 3.08. The summed E-state index contributed by atoms with van der Waals surface area (Å²) in [5.74, 6) is 0.879. The van der Waals surface area contributed by atoms with Crippen LogP contribution >= 0.6 is 24.8 Å². The van der Waals surface area contributed by atoms with E-state index in [1.165, 1.54) is 12.3 Å². The zero-order valence-electron chi connectivity index (χ0n) is 15.0. The first-order valence-electron chi connectivity index (χ1n) is 8.69. The third kappa shape index (κ3) is 6.76. The van der Waals surface area contributed by atoms with E-state index in [1.54, 1.807) is 6.07 Å². The number of hydrogen-bond donors (Lipinski definition) is 2. The molecule has 2 fully saturated rings. The van der Waals surface area contributed by atoms with Crippen molar-refractivity contribution < 1.29 is 9.72 Å². The molecule has 1 unspecified atom stereocenters. The fourth-order valence-corrected chi connectivity index (χ4v) is 3.27. The first kappa shape index (κ1) is 23.4. The van der Waals surface area contributed by atoms with Crippen LogP contribution in [0.15, 0.2) is 18.3 Å². The maximum absolute atomic E-state index is 12.2. The lowest BCUT2D eigenvalue weighted by Gasteiger charge is -2.28. The molecule has 3 heterocycles. The first-order valence-corrected chi connectivity index (χ1v) is 8.69. The van der Waals surface area contributed by atoms with Crippen LogP contribution in [0.1, 0.15) is 12.8 Å². The molecule has 2 saturated heterocycles. The van der Waals surface area contributed by atoms with Crippen molar-refractivity contribution >= 4 is 42.2 Å². The monoisotopic (exact) mass is 420 g/mol. The Morgan fingerprint density at radius 1 is 1.30 bits per heavy atom. The van der Waals surface area contributed by atoms with Crippen molar-refractivity contribution in [1.82, 2.24) is 20.1 Å². The Morgan fingerprint density at radius 2 is 2.04 bits per heavy atom. The van der Waals surface area contributed by atoms with Crippen LogP contribution < -0.4 is 10.6 Å². The Hall–Kier alpha value is -1.68. The largest absolute Gasteiger partial charge is 0.366 e. The van der Waals surface area contributed by atoms with Crippen molar-refractivity contribution in [3.63, 3.8) is 0 Å². The van der Waals surface area contributed by atoms with Gasteiger partial charge in [0.25, 0.3) is 5.69 Å². The third-order valence-electron chi connectivity index (χ3n) is 4.69. The molecule has 2 N–H and O–H groups in total. The SMILES string of the molecule is Cl.Cl.O=C(CCN1CCC(Nc2ccc([N+](=O)[O-])cn2)C1)N1CCNCC1. The number of aromatic nitrogens is 1. The molecule has 0 aliphatic carbocycles. The van der Waals surface area contributed by atoms with Crippen LogP contribution in [0.2, 0.25) is 0 Å². The van der Waals surface area contributed by atoms with E-state index in [4.69, 9.17) is 0 Å². The molecule has 9 nitrogen and oxygen atoms in total. The molecule has 2 aliphatic rings. The summed E-state index contributed by atoms with van der Waals surface area (Å²) < 4.78 is 0. The fourth-order valence-electron chi connectivity index (χ4n) is 3.27. The molecule has 0 saturated carbocycles. The molecule has 0 radical (unpaired) electrons. The minimum absolute atomic E-state index is 0. The van der Waals surface area contributed by atoms with Crippen molar-refractivity contribution in [1.29, 1.82) is 0 Å². The van der Waals surface area contributed by atoms with Crippen LogP contribution in [0.25, 0.3) is 0 Å². The highest BCUT2D eigenvalue weighted by Gasteiger charge is 2.24. The maximum atomic E-state index is 12.2. The third-order valence-corrected chi connectivity index (χ3v) is 4.69. The average molecular weight is 421 g/mol. The normalized spacial score (nSPS) is 19.7. The molecule has 0 spiro atoms. The lowest BCUT2D eigenvalue weighted by atomic mass is 10.2. The van der Waals surface area contributed by atoms with Crippen molar-refractivity contribution in [2.75, 3.05) is 51.1 Å². The molecule has 0 aromatic carbocycles. The van der Waals surface area contributed by atoms with Crippen LogP contribution in [0.3, 0.4) is 0 Å². The molecular formula is C16H26Cl2N6O3. The molecule has 27 heavy (non-hydrogen) atoms. The highest BCUT2D eigenvalue weighted by Crippen LogP contribution is 2.17. The molecular weight excluding hydrogens is 395 g/mol. The first-order chi connectivity index (χ1) is 12.1. The van der Waals surface area contributed by atoms with Crippen molar-refractivity contribution in [3.05, 3.63) is 28.4 Å². The van der Waals surface area contributed by atoms with Gasteiger partial charge in [0.15, 0.2) is 0 Å². The zero-order chi connectivity index (χ0) is 17.6. The summed E-state index contributed by atoms with van der Waals surface area (Å²) in [7, 11) is 0. The van der Waals surface area contributed by atoms with E-state index in [9.17, 15) is 14.9 Å². The van der Waals surface area contributed by atoms with E-state index in [1.807, 2.05) is 4.90 Å². The van der Waals surface area contributed by atoms with Gasteiger partial charge in [0.2, 0.25) is 5.91 Å². The molecule has 1 atom stereocenters. The van der Waals surface area contributed by atoms with E-state index >= 15 is 0 Å². The number of pyridine rings is 1. The van der Waals surface area contributed by atoms with Gasteiger partial charge in [-0.3, -0.25) is 14.9 Å². The summed E-state index contributed by atoms with van der Waals surface area (Å²) in [4.78, 5) is 30.7. The predicted molar refractivity (Wildman–Crippen MR) is 108 cm³/mol. The van der Waals surface area contributed by atoms with Crippen LogP contribution in [0.5, 0.6) is 0 Å². The second-order valence-electron chi connectivity index (χ2n) is 6.47. The van der Waals surface area contributed by atoms with Crippen LogP contribution in [-0.2, 0) is 4.79 Å². The number of rotatable bonds is 6. The standard InChI is InChI=1S/C16H24N6O3.2ClH/c23-16(21-9-5-17-6-10-21)4-8-20-7-3-13(12-20)19-15-2-1-14(11-18-15)22(24)25;;/h1-2,11,13,17H,3-10,12H2,(H,18,19);2*1H. The topological polar surface area (TPSA) is 104 Å². The molecule has 2 aliphatic heterocycles. The molecule has 0 bridgehead atoms. The summed E-state index contributed by atoms with van der Waals surface area (Å²) in [6.07, 6.45) is 2.80. The number of piperazine rings is 1. The summed E-state index contributed by atoms with van der Waals surface area (Å²) in [5, 5.41) is 17.2. The van der Waals surface area contributed by atoms with Crippen molar-refractivity contribution in [2.24, 2.45) is 0 Å². The second kappa shape index (κ2) is 11.2. The van der Waals surface area contributed by atoms with Crippen LogP contribution in [0, 0.1) is 10.1 Å². The Labute approximate surface area is 170 Å². The molecule has 1 aromatic rings. The van der Waals surface area contributed by atoms with E-state index in [2.05, 4.69) is 20.5 Å². The number of hydrogen-bond acceptors (Lipinski definition) is 7. The highest BCUT2D eigenvalue weighted by molar-refractivity contribution is 5.85. The van der Waals surface area contributed by atoms with Crippen molar-refractivity contribution in [2.45, 2.75) is 18.9 Å². The number of nitrogens with one attached hydrogen (secondary N) is 2. The number of nitro groups is 1. The number of amides is 1. The minimum Gasteiger partial charge on any atom is -0.366 e. The molecule has 152 valence electrons. The van der Waals surface area contributed by atoms with Gasteiger partial charge in [-0.2, -0.15) is 0 Å². The fraction of sp³-hybridized carbons (Fsp3) is 0.625. The lowest BCUT2D eigenvalue weighted by Crippen LogP contribution is -2.47. The quantitative estimate of drug-likeness (QED) is 0.525. The number of halogens is 2. The van der Waals surface area contributed by atoms with Gasteiger partial charge in [-0.05, 0) is 12.5 Å². The maximum Gasteiger partial charge on any atom is 0.287 e. The summed E-state index contributed by atoms with van der Waals surface area (Å²) in [5.41, 5.74) is -0.00924. The van der Waals surface area contributed by atoms with Gasteiger partial charge in [0.1, 0.15) is 12.0 Å². The molecule has 11 heteroatoms. The second-order valence-corrected chi connectivity index (χ2v) is 6.47. The van der Waals surface area contributed by atoms with Gasteiger partial charge in [-0.1, -0.05) is 0 Å². The van der Waals surface area contributed by atoms with Gasteiger partial charge in [-0.15, -0.1) is 24.8 Å². The number of likely N-dealkylation sites (tertiary alicyclic amines) is 1. The highest BCUT2D eigenvalue weighted by atomic mass is 35.5. The lowest BCUT2D eigenvalue weighted by molar-refractivity contribution is -0.385. The van der Waals surface area contributed by atoms with Gasteiger partial charge < -0.3 is 20.4 Å². The Bertz CT molecular complexity index is 613. The minimum atomic E-state index is -0.455. The molecule has 3 rings (SSSR count).